The molecule has 150 valence electrons. The Hall–Kier alpha value is -2.87. The van der Waals surface area contributed by atoms with Crippen molar-refractivity contribution in [3.8, 4) is 5.75 Å². The maximum Gasteiger partial charge on any atom is 0.310 e. The monoisotopic (exact) mass is 405 g/mol. The number of Topliss-reactive ketones (excluding diaryl/α,β-unsaturated/α-hetero) is 1. The van der Waals surface area contributed by atoms with Crippen LogP contribution in [0.1, 0.15) is 29.8 Å². The summed E-state index contributed by atoms with van der Waals surface area (Å²) in [4.78, 5) is 24.5. The molecule has 1 atom stereocenters. The smallest absolute Gasteiger partial charge is 0.310 e. The van der Waals surface area contributed by atoms with Gasteiger partial charge in [-0.25, -0.2) is 8.42 Å². The van der Waals surface area contributed by atoms with E-state index in [1.54, 1.807) is 24.3 Å². The molecule has 2 aromatic carbocycles. The first-order valence-corrected chi connectivity index (χ1v) is 10.6. The van der Waals surface area contributed by atoms with E-state index in [4.69, 9.17) is 9.47 Å². The highest BCUT2D eigenvalue weighted by Crippen LogP contribution is 2.15. The lowest BCUT2D eigenvalue weighted by atomic mass is 10.1. The predicted molar refractivity (Wildman–Crippen MR) is 106 cm³/mol. The van der Waals surface area contributed by atoms with Crippen molar-refractivity contribution < 1.29 is 27.5 Å². The van der Waals surface area contributed by atoms with Crippen molar-refractivity contribution in [1.82, 2.24) is 0 Å². The first-order valence-electron chi connectivity index (χ1n) is 8.71. The molecule has 0 unspecified atom stereocenters. The molecule has 28 heavy (non-hydrogen) atoms. The summed E-state index contributed by atoms with van der Waals surface area (Å²) >= 11 is 0. The van der Waals surface area contributed by atoms with Gasteiger partial charge in [0.1, 0.15) is 5.75 Å². The van der Waals surface area contributed by atoms with E-state index in [-0.39, 0.29) is 12.2 Å². The molecule has 2 aromatic rings. The third-order valence-electron chi connectivity index (χ3n) is 3.73. The maximum absolute atomic E-state index is 12.4. The van der Waals surface area contributed by atoms with Crippen LogP contribution >= 0.6 is 0 Å². The van der Waals surface area contributed by atoms with Crippen LogP contribution in [0.3, 0.4) is 0 Å². The molecule has 0 saturated heterocycles. The Kier molecular flexibility index (Phi) is 7.17. The van der Waals surface area contributed by atoms with E-state index in [1.807, 2.05) is 6.92 Å². The normalized spacial score (nSPS) is 12.1. The van der Waals surface area contributed by atoms with Crippen molar-refractivity contribution in [2.45, 2.75) is 26.4 Å². The van der Waals surface area contributed by atoms with Crippen LogP contribution in [0.4, 0.5) is 5.69 Å². The Morgan fingerprint density at radius 2 is 1.64 bits per heavy atom. The van der Waals surface area contributed by atoms with Crippen LogP contribution in [0, 0.1) is 0 Å². The minimum absolute atomic E-state index is 0.0429. The first kappa shape index (κ1) is 21.4. The zero-order valence-corrected chi connectivity index (χ0v) is 16.8. The van der Waals surface area contributed by atoms with Gasteiger partial charge in [-0.15, -0.1) is 0 Å². The molecule has 0 aliphatic carbocycles. The average Bonchev–Trinajstić information content (AvgIpc) is 2.62. The lowest BCUT2D eigenvalue weighted by Gasteiger charge is -2.13. The van der Waals surface area contributed by atoms with Crippen LogP contribution in [0.5, 0.6) is 5.75 Å². The number of esters is 1. The van der Waals surface area contributed by atoms with Gasteiger partial charge in [-0.2, -0.15) is 0 Å². The Morgan fingerprint density at radius 1 is 1.04 bits per heavy atom. The number of hydrogen-bond acceptors (Lipinski definition) is 6. The van der Waals surface area contributed by atoms with Gasteiger partial charge in [-0.3, -0.25) is 14.3 Å². The molecular weight excluding hydrogens is 382 g/mol. The summed E-state index contributed by atoms with van der Waals surface area (Å²) in [6, 6.07) is 13.0. The van der Waals surface area contributed by atoms with E-state index < -0.39 is 22.1 Å². The second kappa shape index (κ2) is 9.36. The molecule has 0 heterocycles. The van der Waals surface area contributed by atoms with E-state index in [0.29, 0.717) is 17.9 Å². The summed E-state index contributed by atoms with van der Waals surface area (Å²) in [6.07, 6.45) is 0.128. The molecule has 7 nitrogen and oxygen atoms in total. The molecule has 0 saturated carbocycles. The third-order valence-corrected chi connectivity index (χ3v) is 4.34. The van der Waals surface area contributed by atoms with Crippen LogP contribution in [-0.2, 0) is 26.0 Å². The molecule has 0 aromatic heterocycles. The van der Waals surface area contributed by atoms with Gasteiger partial charge in [0.25, 0.3) is 0 Å². The number of carbonyl (C=O) groups is 2. The van der Waals surface area contributed by atoms with Crippen molar-refractivity contribution >= 4 is 27.5 Å². The molecule has 0 spiro atoms. The van der Waals surface area contributed by atoms with Gasteiger partial charge in [-0.1, -0.05) is 12.1 Å². The quantitative estimate of drug-likeness (QED) is 0.509. The standard InChI is InChI=1S/C20H23NO6S/c1-4-26-18-11-5-15(6-12-18)13-19(22)27-14(2)20(23)16-7-9-17(10-8-16)21-28(3,24)25/h5-12,14,21H,4,13H2,1-3H3/t14-/m1/s1. The minimum Gasteiger partial charge on any atom is -0.494 e. The second-order valence-corrected chi connectivity index (χ2v) is 7.95. The highest BCUT2D eigenvalue weighted by atomic mass is 32.2. The van der Waals surface area contributed by atoms with E-state index in [0.717, 1.165) is 17.6 Å². The Morgan fingerprint density at radius 3 is 2.18 bits per heavy atom. The molecular formula is C20H23NO6S. The summed E-state index contributed by atoms with van der Waals surface area (Å²) in [5, 5.41) is 0. The first-order chi connectivity index (χ1) is 13.2. The molecule has 0 aliphatic rings. The van der Waals surface area contributed by atoms with Crippen molar-refractivity contribution in [2.75, 3.05) is 17.6 Å². The van der Waals surface area contributed by atoms with E-state index in [9.17, 15) is 18.0 Å². The SMILES string of the molecule is CCOc1ccc(CC(=O)O[C@H](C)C(=O)c2ccc(NS(C)(=O)=O)cc2)cc1. The highest BCUT2D eigenvalue weighted by Gasteiger charge is 2.20. The number of ether oxygens (including phenoxy) is 2. The molecule has 8 heteroatoms. The maximum atomic E-state index is 12.4. The molecule has 1 N–H and O–H groups in total. The lowest BCUT2D eigenvalue weighted by Crippen LogP contribution is -2.25. The van der Waals surface area contributed by atoms with Crippen LogP contribution in [0.15, 0.2) is 48.5 Å². The number of rotatable bonds is 9. The van der Waals surface area contributed by atoms with E-state index >= 15 is 0 Å². The summed E-state index contributed by atoms with van der Waals surface area (Å²) in [7, 11) is -3.39. The number of sulfonamides is 1. The summed E-state index contributed by atoms with van der Waals surface area (Å²) < 4.78 is 35.3. The zero-order valence-electron chi connectivity index (χ0n) is 16.0. The van der Waals surface area contributed by atoms with E-state index in [2.05, 4.69) is 4.72 Å². The van der Waals surface area contributed by atoms with Crippen LogP contribution in [0.2, 0.25) is 0 Å². The Balaban J connectivity index is 1.92. The van der Waals surface area contributed by atoms with Gasteiger partial charge in [0.2, 0.25) is 15.8 Å². The summed E-state index contributed by atoms with van der Waals surface area (Å²) in [6.45, 7) is 3.95. The van der Waals surface area contributed by atoms with Gasteiger partial charge < -0.3 is 9.47 Å². The zero-order chi connectivity index (χ0) is 20.7. The van der Waals surface area contributed by atoms with Crippen molar-refractivity contribution in [3.63, 3.8) is 0 Å². The third kappa shape index (κ3) is 6.70. The molecule has 0 fully saturated rings. The number of hydrogen-bond donors (Lipinski definition) is 1. The Labute approximate surface area is 164 Å². The fraction of sp³-hybridized carbons (Fsp3) is 0.300. The number of carbonyl (C=O) groups excluding carboxylic acids is 2. The fourth-order valence-electron chi connectivity index (χ4n) is 2.48. The molecule has 0 radical (unpaired) electrons. The van der Waals surface area contributed by atoms with Gasteiger partial charge in [0, 0.05) is 11.3 Å². The number of benzene rings is 2. The minimum atomic E-state index is -3.39. The van der Waals surface area contributed by atoms with Gasteiger partial charge in [-0.05, 0) is 55.8 Å². The Bertz CT molecular complexity index is 920. The summed E-state index contributed by atoms with van der Waals surface area (Å²) in [5.41, 5.74) is 1.42. The second-order valence-electron chi connectivity index (χ2n) is 6.20. The molecule has 0 bridgehead atoms. The topological polar surface area (TPSA) is 98.8 Å². The number of nitrogens with one attached hydrogen (secondary N) is 1. The molecule has 0 amide bonds. The number of ketones is 1. The fourth-order valence-corrected chi connectivity index (χ4v) is 3.04. The van der Waals surface area contributed by atoms with Gasteiger partial charge in [0.05, 0.1) is 19.3 Å². The van der Waals surface area contributed by atoms with Crippen molar-refractivity contribution in [1.29, 1.82) is 0 Å². The molecule has 0 aliphatic heterocycles. The van der Waals surface area contributed by atoms with Gasteiger partial charge in [0.15, 0.2) is 6.10 Å². The van der Waals surface area contributed by atoms with Crippen molar-refractivity contribution in [2.24, 2.45) is 0 Å². The highest BCUT2D eigenvalue weighted by molar-refractivity contribution is 7.92. The predicted octanol–water partition coefficient (Wildman–Crippen LogP) is 2.81. The molecule has 2 rings (SSSR count). The van der Waals surface area contributed by atoms with Crippen LogP contribution in [-0.4, -0.2) is 39.1 Å². The summed E-state index contributed by atoms with van der Waals surface area (Å²) in [5.74, 6) is -0.164. The number of anilines is 1. The average molecular weight is 405 g/mol. The van der Waals surface area contributed by atoms with Crippen molar-refractivity contribution in [3.05, 3.63) is 59.7 Å². The van der Waals surface area contributed by atoms with Crippen LogP contribution < -0.4 is 9.46 Å². The van der Waals surface area contributed by atoms with Gasteiger partial charge >= 0.3 is 5.97 Å². The van der Waals surface area contributed by atoms with E-state index in [1.165, 1.54) is 31.2 Å². The largest absolute Gasteiger partial charge is 0.494 e. The lowest BCUT2D eigenvalue weighted by molar-refractivity contribution is -0.145. The van der Waals surface area contributed by atoms with Crippen LogP contribution in [0.25, 0.3) is 0 Å².